The van der Waals surface area contributed by atoms with Gasteiger partial charge in [0.2, 0.25) is 10.0 Å². The average Bonchev–Trinajstić information content (AvgIpc) is 3.05. The Bertz CT molecular complexity index is 545. The number of sulfonamides is 1. The van der Waals surface area contributed by atoms with Crippen molar-refractivity contribution in [3.63, 3.8) is 0 Å². The lowest BCUT2D eigenvalue weighted by Crippen LogP contribution is -2.30. The number of hydrogen-bond acceptors (Lipinski definition) is 4. The van der Waals surface area contributed by atoms with E-state index in [1.807, 2.05) is 14.0 Å². The van der Waals surface area contributed by atoms with Crippen molar-refractivity contribution >= 4 is 21.4 Å². The molecule has 0 aromatic carbocycles. The maximum Gasteiger partial charge on any atom is 0.241 e. The minimum Gasteiger partial charge on any atom is -0.315 e. The molecule has 0 saturated heterocycles. The first kappa shape index (κ1) is 15.0. The molecule has 0 unspecified atom stereocenters. The van der Waals surface area contributed by atoms with Gasteiger partial charge < -0.3 is 5.32 Å². The predicted molar refractivity (Wildman–Crippen MR) is 79.0 cm³/mol. The maximum atomic E-state index is 12.3. The fraction of sp³-hybridized carbons (Fsp3) is 0.692. The Labute approximate surface area is 119 Å². The highest BCUT2D eigenvalue weighted by Crippen LogP contribution is 2.48. The Morgan fingerprint density at radius 3 is 2.63 bits per heavy atom. The maximum absolute atomic E-state index is 12.3. The van der Waals surface area contributed by atoms with Crippen LogP contribution in [0.25, 0.3) is 0 Å². The van der Waals surface area contributed by atoms with Gasteiger partial charge in [0.05, 0.1) is 4.90 Å². The third-order valence-corrected chi connectivity index (χ3v) is 6.62. The van der Waals surface area contributed by atoms with Gasteiger partial charge in [0.1, 0.15) is 0 Å². The molecule has 0 aliphatic heterocycles. The summed E-state index contributed by atoms with van der Waals surface area (Å²) in [5.74, 6) is 0. The molecule has 0 radical (unpaired) electrons. The van der Waals surface area contributed by atoms with Gasteiger partial charge in [-0.15, -0.1) is 11.3 Å². The molecule has 19 heavy (non-hydrogen) atoms. The molecule has 1 aromatic rings. The van der Waals surface area contributed by atoms with E-state index in [-0.39, 0.29) is 5.41 Å². The summed E-state index contributed by atoms with van der Waals surface area (Å²) in [4.78, 5) is 2.35. The molecule has 6 heteroatoms. The summed E-state index contributed by atoms with van der Waals surface area (Å²) in [5.41, 5.74) is 0.227. The van der Waals surface area contributed by atoms with E-state index in [4.69, 9.17) is 0 Å². The molecule has 2 rings (SSSR count). The van der Waals surface area contributed by atoms with E-state index in [2.05, 4.69) is 17.0 Å². The zero-order valence-electron chi connectivity index (χ0n) is 11.7. The van der Waals surface area contributed by atoms with Crippen molar-refractivity contribution in [2.45, 2.75) is 44.6 Å². The number of hydrogen-bond donors (Lipinski definition) is 2. The molecule has 1 aromatic heterocycles. The lowest BCUT2D eigenvalue weighted by molar-refractivity contribution is 0.475. The second-order valence-corrected chi connectivity index (χ2v) is 8.42. The average molecular weight is 302 g/mol. The third kappa shape index (κ3) is 3.37. The van der Waals surface area contributed by atoms with E-state index in [0.29, 0.717) is 18.0 Å². The van der Waals surface area contributed by atoms with Gasteiger partial charge in [-0.3, -0.25) is 0 Å². The molecular formula is C13H22N2O2S2. The summed E-state index contributed by atoms with van der Waals surface area (Å²) in [6.07, 6.45) is 3.32. The van der Waals surface area contributed by atoms with Crippen LogP contribution in [0.5, 0.6) is 0 Å². The van der Waals surface area contributed by atoms with E-state index < -0.39 is 10.0 Å². The molecule has 0 spiro atoms. The molecular weight excluding hydrogens is 280 g/mol. The van der Waals surface area contributed by atoms with Crippen LogP contribution in [0.4, 0.5) is 0 Å². The van der Waals surface area contributed by atoms with Crippen LogP contribution in [0.1, 0.15) is 35.9 Å². The molecule has 1 fully saturated rings. The molecule has 1 saturated carbocycles. The van der Waals surface area contributed by atoms with Gasteiger partial charge in [-0.25, -0.2) is 13.1 Å². The Hall–Kier alpha value is -0.430. The van der Waals surface area contributed by atoms with E-state index >= 15 is 0 Å². The summed E-state index contributed by atoms with van der Waals surface area (Å²) >= 11 is 1.54. The fourth-order valence-electron chi connectivity index (χ4n) is 2.21. The number of aryl methyl sites for hydroxylation is 1. The van der Waals surface area contributed by atoms with Crippen molar-refractivity contribution in [1.29, 1.82) is 0 Å². The van der Waals surface area contributed by atoms with Crippen LogP contribution in [-0.4, -0.2) is 22.0 Å². The summed E-state index contributed by atoms with van der Waals surface area (Å²) < 4.78 is 27.5. The largest absolute Gasteiger partial charge is 0.315 e. The smallest absolute Gasteiger partial charge is 0.241 e. The SMILES string of the molecule is CCC1(CNS(=O)(=O)c2cc(CNC)sc2C)CC1. The Morgan fingerprint density at radius 2 is 2.11 bits per heavy atom. The van der Waals surface area contributed by atoms with Crippen molar-refractivity contribution in [2.24, 2.45) is 5.41 Å². The highest BCUT2D eigenvalue weighted by atomic mass is 32.2. The molecule has 1 aliphatic carbocycles. The van der Waals surface area contributed by atoms with Crippen LogP contribution in [0.15, 0.2) is 11.0 Å². The van der Waals surface area contributed by atoms with Gasteiger partial charge in [-0.05, 0) is 44.7 Å². The quantitative estimate of drug-likeness (QED) is 0.812. The van der Waals surface area contributed by atoms with Gasteiger partial charge in [-0.1, -0.05) is 6.92 Å². The fourth-order valence-corrected chi connectivity index (χ4v) is 5.01. The number of nitrogens with one attached hydrogen (secondary N) is 2. The molecule has 108 valence electrons. The number of thiophene rings is 1. The summed E-state index contributed by atoms with van der Waals surface area (Å²) in [5, 5.41) is 3.05. The van der Waals surface area contributed by atoms with Crippen LogP contribution >= 0.6 is 11.3 Å². The van der Waals surface area contributed by atoms with Gasteiger partial charge in [0.25, 0.3) is 0 Å². The van der Waals surface area contributed by atoms with Crippen molar-refractivity contribution in [2.75, 3.05) is 13.6 Å². The minimum atomic E-state index is -3.36. The Kier molecular flexibility index (Phi) is 4.35. The molecule has 0 bridgehead atoms. The van der Waals surface area contributed by atoms with Gasteiger partial charge >= 0.3 is 0 Å². The molecule has 0 atom stereocenters. The molecule has 1 aliphatic rings. The van der Waals surface area contributed by atoms with Crippen LogP contribution < -0.4 is 10.0 Å². The highest BCUT2D eigenvalue weighted by Gasteiger charge is 2.41. The van der Waals surface area contributed by atoms with E-state index in [0.717, 1.165) is 29.0 Å². The van der Waals surface area contributed by atoms with Crippen molar-refractivity contribution in [3.05, 3.63) is 15.8 Å². The van der Waals surface area contributed by atoms with Gasteiger partial charge in [-0.2, -0.15) is 0 Å². The monoisotopic (exact) mass is 302 g/mol. The zero-order valence-corrected chi connectivity index (χ0v) is 13.4. The lowest BCUT2D eigenvalue weighted by atomic mass is 10.1. The summed E-state index contributed by atoms with van der Waals surface area (Å²) in [7, 11) is -1.50. The minimum absolute atomic E-state index is 0.227. The summed E-state index contributed by atoms with van der Waals surface area (Å²) in [6, 6.07) is 1.78. The van der Waals surface area contributed by atoms with Crippen LogP contribution in [0.2, 0.25) is 0 Å². The zero-order chi connectivity index (χ0) is 14.1. The summed E-state index contributed by atoms with van der Waals surface area (Å²) in [6.45, 7) is 5.27. The Morgan fingerprint density at radius 1 is 1.42 bits per heavy atom. The third-order valence-electron chi connectivity index (χ3n) is 3.91. The topological polar surface area (TPSA) is 58.2 Å². The van der Waals surface area contributed by atoms with Crippen LogP contribution in [0, 0.1) is 12.3 Å². The second kappa shape index (κ2) is 5.52. The van der Waals surface area contributed by atoms with E-state index in [1.54, 1.807) is 6.07 Å². The lowest BCUT2D eigenvalue weighted by Gasteiger charge is -2.13. The second-order valence-electron chi connectivity index (χ2n) is 5.34. The first-order valence-electron chi connectivity index (χ1n) is 6.66. The van der Waals surface area contributed by atoms with E-state index in [9.17, 15) is 8.42 Å². The van der Waals surface area contributed by atoms with Gasteiger partial charge in [0.15, 0.2) is 0 Å². The van der Waals surface area contributed by atoms with Crippen LogP contribution in [0.3, 0.4) is 0 Å². The van der Waals surface area contributed by atoms with Crippen molar-refractivity contribution < 1.29 is 8.42 Å². The predicted octanol–water partition coefficient (Wildman–Crippen LogP) is 2.24. The first-order chi connectivity index (χ1) is 8.92. The highest BCUT2D eigenvalue weighted by molar-refractivity contribution is 7.89. The van der Waals surface area contributed by atoms with Crippen molar-refractivity contribution in [1.82, 2.24) is 10.0 Å². The van der Waals surface area contributed by atoms with E-state index in [1.165, 1.54) is 11.3 Å². The number of rotatable bonds is 7. The molecule has 2 N–H and O–H groups in total. The molecule has 0 amide bonds. The molecule has 1 heterocycles. The first-order valence-corrected chi connectivity index (χ1v) is 8.96. The van der Waals surface area contributed by atoms with Crippen molar-refractivity contribution in [3.8, 4) is 0 Å². The Balaban J connectivity index is 2.10. The standard InChI is InChI=1S/C13H22N2O2S2/c1-4-13(5-6-13)9-15-19(16,17)12-7-11(8-14-3)18-10(12)2/h7,14-15H,4-6,8-9H2,1-3H3. The van der Waals surface area contributed by atoms with Crippen LogP contribution in [-0.2, 0) is 16.6 Å². The normalized spacial score (nSPS) is 17.6. The van der Waals surface area contributed by atoms with Gasteiger partial charge in [0, 0.05) is 22.8 Å². The molecule has 4 nitrogen and oxygen atoms in total.